The third-order valence-corrected chi connectivity index (χ3v) is 7.64. The molecule has 0 N–H and O–H groups in total. The summed E-state index contributed by atoms with van der Waals surface area (Å²) in [7, 11) is -4.58. The second kappa shape index (κ2) is 10.2. The number of fused-ring (bicyclic) bond motifs is 1. The standard InChI is InChI=1S/C23H23ClF3N5O4S/c1-3-17-21(32-19(24)5-4-6-20(32)28-17)18(33)12-9-15-7-10-16(11-8-15)30-13-14-31(22(29-30)36-2)37(34,35)23(25,26)27/h4-8,10-11H,3,9,12-14H2,1-2H3. The van der Waals surface area contributed by atoms with Gasteiger partial charge in [0.05, 0.1) is 31.6 Å². The third-order valence-electron chi connectivity index (χ3n) is 5.84. The summed E-state index contributed by atoms with van der Waals surface area (Å²) in [6.07, 6.45) is 1.23. The first-order valence-electron chi connectivity index (χ1n) is 11.2. The number of hydrazone groups is 1. The van der Waals surface area contributed by atoms with Gasteiger partial charge in [0.25, 0.3) is 0 Å². The number of carbonyl (C=O) groups is 1. The Morgan fingerprint density at radius 2 is 1.84 bits per heavy atom. The fourth-order valence-electron chi connectivity index (χ4n) is 4.01. The number of methoxy groups -OCH3 is 1. The highest BCUT2D eigenvalue weighted by Crippen LogP contribution is 2.29. The van der Waals surface area contributed by atoms with Gasteiger partial charge in [-0.3, -0.25) is 14.2 Å². The number of ether oxygens (including phenoxy) is 1. The van der Waals surface area contributed by atoms with Crippen molar-refractivity contribution < 1.29 is 31.1 Å². The fraction of sp³-hybridized carbons (Fsp3) is 0.348. The zero-order chi connectivity index (χ0) is 27.0. The van der Waals surface area contributed by atoms with Gasteiger partial charge in [-0.1, -0.05) is 36.7 Å². The molecule has 0 atom stereocenters. The Balaban J connectivity index is 1.48. The summed E-state index contributed by atoms with van der Waals surface area (Å²) in [5.41, 5.74) is -2.35. The van der Waals surface area contributed by atoms with Crippen molar-refractivity contribution >= 4 is 44.8 Å². The lowest BCUT2D eigenvalue weighted by atomic mass is 10.0. The van der Waals surface area contributed by atoms with Crippen LogP contribution in [0.4, 0.5) is 18.9 Å². The molecular weight excluding hydrogens is 535 g/mol. The van der Waals surface area contributed by atoms with Crippen LogP contribution in [0.3, 0.4) is 0 Å². The van der Waals surface area contributed by atoms with E-state index in [1.54, 1.807) is 46.9 Å². The zero-order valence-corrected chi connectivity index (χ0v) is 21.4. The van der Waals surface area contributed by atoms with E-state index in [1.165, 1.54) is 5.01 Å². The number of alkyl halides is 3. The Morgan fingerprint density at radius 3 is 2.46 bits per heavy atom. The number of carbonyl (C=O) groups excluding carboxylic acids is 1. The third kappa shape index (κ3) is 5.10. The molecule has 2 aromatic heterocycles. The number of aryl methyl sites for hydroxylation is 2. The number of anilines is 1. The Bertz CT molecular complexity index is 1460. The number of nitrogens with zero attached hydrogens (tertiary/aromatic N) is 5. The largest absolute Gasteiger partial charge is 0.516 e. The quantitative estimate of drug-likeness (QED) is 0.318. The number of hydrogen-bond donors (Lipinski definition) is 0. The van der Waals surface area contributed by atoms with E-state index in [9.17, 15) is 26.4 Å². The van der Waals surface area contributed by atoms with Crippen molar-refractivity contribution in [1.82, 2.24) is 13.7 Å². The van der Waals surface area contributed by atoms with Gasteiger partial charge in [-0.2, -0.15) is 21.6 Å². The predicted octanol–water partition coefficient (Wildman–Crippen LogP) is 4.25. The molecule has 0 unspecified atom stereocenters. The average Bonchev–Trinajstić information content (AvgIpc) is 3.26. The lowest BCUT2D eigenvalue weighted by molar-refractivity contribution is -0.0477. The molecule has 0 saturated carbocycles. The number of benzene rings is 1. The van der Waals surface area contributed by atoms with E-state index in [1.807, 2.05) is 6.92 Å². The zero-order valence-electron chi connectivity index (χ0n) is 19.9. The van der Waals surface area contributed by atoms with Gasteiger partial charge >= 0.3 is 21.6 Å². The fourth-order valence-corrected chi connectivity index (χ4v) is 5.14. The molecule has 1 aliphatic heterocycles. The first-order chi connectivity index (χ1) is 17.5. The minimum Gasteiger partial charge on any atom is -0.467 e. The molecule has 3 heterocycles. The summed E-state index contributed by atoms with van der Waals surface area (Å²) < 4.78 is 69.0. The van der Waals surface area contributed by atoms with Crippen LogP contribution in [0.2, 0.25) is 5.15 Å². The molecule has 1 aromatic carbocycles. The van der Waals surface area contributed by atoms with E-state index < -0.39 is 28.1 Å². The molecule has 198 valence electrons. The lowest BCUT2D eigenvalue weighted by Gasteiger charge is -2.32. The summed E-state index contributed by atoms with van der Waals surface area (Å²) in [6.45, 7) is 1.31. The molecule has 0 saturated heterocycles. The highest BCUT2D eigenvalue weighted by atomic mass is 35.5. The summed E-state index contributed by atoms with van der Waals surface area (Å²) in [4.78, 5) is 17.6. The molecule has 0 amide bonds. The maximum absolute atomic E-state index is 13.1. The Hall–Kier alpha value is -3.32. The lowest BCUT2D eigenvalue weighted by Crippen LogP contribution is -2.51. The summed E-state index contributed by atoms with van der Waals surface area (Å²) >= 11 is 6.32. The van der Waals surface area contributed by atoms with E-state index in [0.717, 1.165) is 12.7 Å². The van der Waals surface area contributed by atoms with Gasteiger partial charge in [0, 0.05) is 6.42 Å². The van der Waals surface area contributed by atoms with Gasteiger partial charge < -0.3 is 4.74 Å². The molecular formula is C23H23ClF3N5O4S. The highest BCUT2D eigenvalue weighted by molar-refractivity contribution is 7.90. The molecule has 0 spiro atoms. The number of rotatable bonds is 7. The monoisotopic (exact) mass is 557 g/mol. The molecule has 0 fully saturated rings. The molecule has 0 bridgehead atoms. The Morgan fingerprint density at radius 1 is 1.14 bits per heavy atom. The van der Waals surface area contributed by atoms with Crippen molar-refractivity contribution in [2.75, 3.05) is 25.2 Å². The van der Waals surface area contributed by atoms with Crippen LogP contribution in [0.5, 0.6) is 0 Å². The van der Waals surface area contributed by atoms with Crippen LogP contribution in [0, 0.1) is 0 Å². The normalized spacial score (nSPS) is 14.7. The van der Waals surface area contributed by atoms with Crippen LogP contribution in [-0.4, -0.2) is 59.6 Å². The second-order valence-electron chi connectivity index (χ2n) is 8.13. The summed E-state index contributed by atoms with van der Waals surface area (Å²) in [5.74, 6) is -0.0992. The van der Waals surface area contributed by atoms with Crippen LogP contribution in [0.15, 0.2) is 47.6 Å². The number of imidazole rings is 1. The van der Waals surface area contributed by atoms with Gasteiger partial charge in [-0.25, -0.2) is 9.29 Å². The maximum Gasteiger partial charge on any atom is 0.516 e. The van der Waals surface area contributed by atoms with Crippen LogP contribution in [0.25, 0.3) is 5.65 Å². The number of halogens is 4. The number of hydrogen-bond acceptors (Lipinski definition) is 7. The van der Waals surface area contributed by atoms with Crippen LogP contribution in [-0.2, 0) is 27.6 Å². The molecule has 0 radical (unpaired) electrons. The number of pyridine rings is 1. The van der Waals surface area contributed by atoms with Gasteiger partial charge in [-0.15, -0.1) is 5.10 Å². The Labute approximate surface area is 216 Å². The first-order valence-corrected chi connectivity index (χ1v) is 13.1. The summed E-state index contributed by atoms with van der Waals surface area (Å²) in [6, 6.07) is 11.5. The number of amidine groups is 1. The van der Waals surface area contributed by atoms with Crippen LogP contribution >= 0.6 is 11.6 Å². The van der Waals surface area contributed by atoms with Crippen molar-refractivity contribution in [3.05, 3.63) is 64.6 Å². The van der Waals surface area contributed by atoms with Crippen molar-refractivity contribution in [3.63, 3.8) is 0 Å². The number of aromatic nitrogens is 2. The van der Waals surface area contributed by atoms with Crippen molar-refractivity contribution in [2.24, 2.45) is 5.10 Å². The number of ketones is 1. The second-order valence-corrected chi connectivity index (χ2v) is 10.4. The van der Waals surface area contributed by atoms with E-state index in [-0.39, 0.29) is 23.1 Å². The van der Waals surface area contributed by atoms with E-state index in [2.05, 4.69) is 10.1 Å². The topological polar surface area (TPSA) is 96.6 Å². The van der Waals surface area contributed by atoms with Crippen LogP contribution < -0.4 is 5.01 Å². The number of sulfonamides is 1. The van der Waals surface area contributed by atoms with Gasteiger partial charge in [-0.05, 0) is 42.7 Å². The molecule has 1 aliphatic rings. The summed E-state index contributed by atoms with van der Waals surface area (Å²) in [5, 5.41) is 5.67. The Kier molecular flexibility index (Phi) is 7.38. The molecule has 3 aromatic rings. The SMILES string of the molecule is CCc1nc2cccc(Cl)n2c1C(=O)CCc1ccc(N2CCN(S(=O)(=O)C(F)(F)F)C(OC)=N2)cc1. The molecule has 0 aliphatic carbocycles. The average molecular weight is 558 g/mol. The predicted molar refractivity (Wildman–Crippen MR) is 132 cm³/mol. The molecule has 9 nitrogen and oxygen atoms in total. The van der Waals surface area contributed by atoms with Crippen molar-refractivity contribution in [3.8, 4) is 0 Å². The van der Waals surface area contributed by atoms with Crippen molar-refractivity contribution in [1.29, 1.82) is 0 Å². The number of Topliss-reactive ketones (excluding diaryl/α,β-unsaturated/α-hetero) is 1. The first kappa shape index (κ1) is 26.7. The van der Waals surface area contributed by atoms with Crippen molar-refractivity contribution in [2.45, 2.75) is 31.7 Å². The van der Waals surface area contributed by atoms with E-state index in [4.69, 9.17) is 16.3 Å². The molecule has 4 rings (SSSR count). The van der Waals surface area contributed by atoms with Gasteiger partial charge in [0.1, 0.15) is 16.5 Å². The van der Waals surface area contributed by atoms with E-state index >= 15 is 0 Å². The van der Waals surface area contributed by atoms with Gasteiger partial charge in [0.2, 0.25) is 0 Å². The highest BCUT2D eigenvalue weighted by Gasteiger charge is 2.52. The smallest absolute Gasteiger partial charge is 0.467 e. The van der Waals surface area contributed by atoms with Crippen LogP contribution in [0.1, 0.15) is 35.1 Å². The molecule has 37 heavy (non-hydrogen) atoms. The van der Waals surface area contributed by atoms with Gasteiger partial charge in [0.15, 0.2) is 5.78 Å². The maximum atomic E-state index is 13.1. The minimum absolute atomic E-state index is 0.0977. The van der Waals surface area contributed by atoms with E-state index in [0.29, 0.717) is 40.7 Å². The minimum atomic E-state index is -5.62. The molecule has 14 heteroatoms.